The lowest BCUT2D eigenvalue weighted by Crippen LogP contribution is -2.38. The first-order valence-corrected chi connectivity index (χ1v) is 11.6. The number of pyridine rings is 1. The molecule has 7 nitrogen and oxygen atoms in total. The molecule has 8 heteroatoms. The SMILES string of the molecule is CC(C)n1ncc2c(C(=O)OCC(=O)N3CCSc4ccccc43)cc(C3CC3)nc21. The quantitative estimate of drug-likeness (QED) is 0.558. The van der Waals surface area contributed by atoms with E-state index in [9.17, 15) is 9.59 Å². The number of para-hydroxylation sites is 1. The zero-order valence-corrected chi connectivity index (χ0v) is 18.4. The fourth-order valence-electron chi connectivity index (χ4n) is 3.88. The molecule has 3 heterocycles. The van der Waals surface area contributed by atoms with Gasteiger partial charge in [0.05, 0.1) is 22.8 Å². The van der Waals surface area contributed by atoms with Crippen LogP contribution in [0.25, 0.3) is 11.0 Å². The molecule has 0 spiro atoms. The third-order valence-electron chi connectivity index (χ3n) is 5.65. The average Bonchev–Trinajstić information content (AvgIpc) is 3.54. The Hall–Kier alpha value is -2.87. The van der Waals surface area contributed by atoms with Crippen molar-refractivity contribution in [2.24, 2.45) is 0 Å². The van der Waals surface area contributed by atoms with Crippen LogP contribution in [0.5, 0.6) is 0 Å². The molecule has 1 aromatic carbocycles. The van der Waals surface area contributed by atoms with Crippen LogP contribution in [0.1, 0.15) is 54.7 Å². The van der Waals surface area contributed by atoms with Gasteiger partial charge in [0.25, 0.3) is 5.91 Å². The molecule has 1 amide bonds. The number of aromatic nitrogens is 3. The third kappa shape index (κ3) is 3.80. The van der Waals surface area contributed by atoms with Crippen LogP contribution in [-0.4, -0.2) is 45.5 Å². The number of anilines is 1. The number of fused-ring (bicyclic) bond motifs is 2. The fourth-order valence-corrected chi connectivity index (χ4v) is 4.88. The highest BCUT2D eigenvalue weighted by molar-refractivity contribution is 7.99. The van der Waals surface area contributed by atoms with Crippen molar-refractivity contribution in [2.75, 3.05) is 23.8 Å². The molecule has 2 aromatic heterocycles. The van der Waals surface area contributed by atoms with E-state index in [2.05, 4.69) is 5.10 Å². The van der Waals surface area contributed by atoms with Gasteiger partial charge in [-0.1, -0.05) is 12.1 Å². The summed E-state index contributed by atoms with van der Waals surface area (Å²) in [5.74, 6) is 0.480. The Balaban J connectivity index is 1.38. The minimum absolute atomic E-state index is 0.127. The first kappa shape index (κ1) is 20.1. The van der Waals surface area contributed by atoms with Crippen molar-refractivity contribution in [2.45, 2.75) is 43.5 Å². The average molecular weight is 437 g/mol. The van der Waals surface area contributed by atoms with Crippen molar-refractivity contribution in [1.82, 2.24) is 14.8 Å². The molecular formula is C23H24N4O3S. The number of esters is 1. The summed E-state index contributed by atoms with van der Waals surface area (Å²) in [7, 11) is 0. The first-order chi connectivity index (χ1) is 15.0. The Kier molecular flexibility index (Phi) is 5.17. The number of hydrogen-bond acceptors (Lipinski definition) is 6. The second-order valence-corrected chi connectivity index (χ2v) is 9.36. The van der Waals surface area contributed by atoms with Crippen molar-refractivity contribution in [1.29, 1.82) is 0 Å². The summed E-state index contributed by atoms with van der Waals surface area (Å²) in [5, 5.41) is 5.08. The standard InChI is InChI=1S/C23H24N4O3S/c1-14(2)27-22-17(12-24-27)16(11-18(25-22)15-7-8-15)23(29)30-13-21(28)26-9-10-31-20-6-4-3-5-19(20)26/h3-6,11-12,14-15H,7-10,13H2,1-2H3. The lowest BCUT2D eigenvalue weighted by molar-refractivity contribution is -0.121. The van der Waals surface area contributed by atoms with E-state index in [4.69, 9.17) is 9.72 Å². The van der Waals surface area contributed by atoms with Crippen LogP contribution in [0.15, 0.2) is 41.4 Å². The number of carbonyl (C=O) groups excluding carboxylic acids is 2. The Morgan fingerprint density at radius 2 is 2.06 bits per heavy atom. The van der Waals surface area contributed by atoms with E-state index in [-0.39, 0.29) is 18.6 Å². The predicted molar refractivity (Wildman–Crippen MR) is 120 cm³/mol. The molecular weight excluding hydrogens is 412 g/mol. The van der Waals surface area contributed by atoms with Crippen LogP contribution in [0.2, 0.25) is 0 Å². The highest BCUT2D eigenvalue weighted by atomic mass is 32.2. The van der Waals surface area contributed by atoms with E-state index in [0.717, 1.165) is 34.9 Å². The second kappa shape index (κ2) is 8.00. The highest BCUT2D eigenvalue weighted by Crippen LogP contribution is 2.40. The van der Waals surface area contributed by atoms with E-state index >= 15 is 0 Å². The maximum Gasteiger partial charge on any atom is 0.339 e. The van der Waals surface area contributed by atoms with Crippen LogP contribution in [0, 0.1) is 0 Å². The van der Waals surface area contributed by atoms with Gasteiger partial charge in [-0.3, -0.25) is 4.79 Å². The second-order valence-electron chi connectivity index (χ2n) is 8.23. The maximum atomic E-state index is 13.0. The van der Waals surface area contributed by atoms with Gasteiger partial charge in [-0.25, -0.2) is 14.5 Å². The normalized spacial score (nSPS) is 15.9. The van der Waals surface area contributed by atoms with Gasteiger partial charge in [-0.2, -0.15) is 5.10 Å². The van der Waals surface area contributed by atoms with Crippen LogP contribution < -0.4 is 4.90 Å². The van der Waals surface area contributed by atoms with E-state index in [1.165, 1.54) is 0 Å². The molecule has 0 saturated heterocycles. The lowest BCUT2D eigenvalue weighted by Gasteiger charge is -2.28. The largest absolute Gasteiger partial charge is 0.452 e. The zero-order valence-electron chi connectivity index (χ0n) is 17.6. The van der Waals surface area contributed by atoms with E-state index < -0.39 is 5.97 Å². The highest BCUT2D eigenvalue weighted by Gasteiger charge is 2.29. The Morgan fingerprint density at radius 3 is 2.84 bits per heavy atom. The summed E-state index contributed by atoms with van der Waals surface area (Å²) < 4.78 is 7.31. The van der Waals surface area contributed by atoms with Gasteiger partial charge in [0, 0.05) is 34.8 Å². The van der Waals surface area contributed by atoms with Gasteiger partial charge < -0.3 is 9.64 Å². The van der Waals surface area contributed by atoms with Crippen LogP contribution in [0.4, 0.5) is 5.69 Å². The number of rotatable bonds is 5. The van der Waals surface area contributed by atoms with E-state index in [1.54, 1.807) is 22.9 Å². The number of ether oxygens (including phenoxy) is 1. The summed E-state index contributed by atoms with van der Waals surface area (Å²) in [4.78, 5) is 33.4. The van der Waals surface area contributed by atoms with Gasteiger partial charge in [0.2, 0.25) is 0 Å². The molecule has 1 saturated carbocycles. The number of amides is 1. The van der Waals surface area contributed by atoms with E-state index in [0.29, 0.717) is 29.1 Å². The van der Waals surface area contributed by atoms with E-state index in [1.807, 2.05) is 48.9 Å². The summed E-state index contributed by atoms with van der Waals surface area (Å²) in [6.45, 7) is 4.37. The van der Waals surface area contributed by atoms with Crippen molar-refractivity contribution in [3.8, 4) is 0 Å². The predicted octanol–water partition coefficient (Wildman–Crippen LogP) is 4.19. The molecule has 2 aliphatic rings. The Bertz CT molecular complexity index is 1170. The van der Waals surface area contributed by atoms with Crippen molar-refractivity contribution < 1.29 is 14.3 Å². The molecule has 3 aromatic rings. The molecule has 160 valence electrons. The van der Waals surface area contributed by atoms with Crippen molar-refractivity contribution >= 4 is 40.4 Å². The number of hydrogen-bond donors (Lipinski definition) is 0. The zero-order chi connectivity index (χ0) is 21.5. The van der Waals surface area contributed by atoms with Crippen molar-refractivity contribution in [3.63, 3.8) is 0 Å². The molecule has 31 heavy (non-hydrogen) atoms. The molecule has 0 bridgehead atoms. The minimum atomic E-state index is -0.509. The van der Waals surface area contributed by atoms with Crippen LogP contribution in [-0.2, 0) is 9.53 Å². The van der Waals surface area contributed by atoms with Gasteiger partial charge in [-0.05, 0) is 44.9 Å². The Labute approximate surface area is 184 Å². The lowest BCUT2D eigenvalue weighted by atomic mass is 10.1. The summed E-state index contributed by atoms with van der Waals surface area (Å²) in [6.07, 6.45) is 3.82. The van der Waals surface area contributed by atoms with Crippen molar-refractivity contribution in [3.05, 3.63) is 47.8 Å². The number of thioether (sulfide) groups is 1. The minimum Gasteiger partial charge on any atom is -0.452 e. The van der Waals surface area contributed by atoms with Gasteiger partial charge in [0.15, 0.2) is 12.3 Å². The van der Waals surface area contributed by atoms with Crippen LogP contribution >= 0.6 is 11.8 Å². The van der Waals surface area contributed by atoms with Gasteiger partial charge in [-0.15, -0.1) is 11.8 Å². The molecule has 0 radical (unpaired) electrons. The fraction of sp³-hybridized carbons (Fsp3) is 0.391. The molecule has 0 atom stereocenters. The van der Waals surface area contributed by atoms with Gasteiger partial charge >= 0.3 is 5.97 Å². The molecule has 1 fully saturated rings. The monoisotopic (exact) mass is 436 g/mol. The topological polar surface area (TPSA) is 77.3 Å². The first-order valence-electron chi connectivity index (χ1n) is 10.6. The maximum absolute atomic E-state index is 13.0. The summed E-state index contributed by atoms with van der Waals surface area (Å²) >= 11 is 1.73. The summed E-state index contributed by atoms with van der Waals surface area (Å²) in [5.41, 5.74) is 2.90. The molecule has 0 unspecified atom stereocenters. The molecule has 1 aliphatic heterocycles. The third-order valence-corrected chi connectivity index (χ3v) is 6.69. The number of benzene rings is 1. The number of carbonyl (C=O) groups is 2. The summed E-state index contributed by atoms with van der Waals surface area (Å²) in [6, 6.07) is 9.74. The number of nitrogens with zero attached hydrogens (tertiary/aromatic N) is 4. The molecule has 1 aliphatic carbocycles. The molecule has 5 rings (SSSR count). The smallest absolute Gasteiger partial charge is 0.339 e. The molecule has 0 N–H and O–H groups in total. The van der Waals surface area contributed by atoms with Gasteiger partial charge in [0.1, 0.15) is 0 Å². The Morgan fingerprint density at radius 1 is 1.26 bits per heavy atom. The van der Waals surface area contributed by atoms with Crippen LogP contribution in [0.3, 0.4) is 0 Å².